The van der Waals surface area contributed by atoms with Crippen LogP contribution in [0.1, 0.15) is 36.3 Å². The van der Waals surface area contributed by atoms with Crippen LogP contribution in [0.3, 0.4) is 0 Å². The molecule has 3 rings (SSSR count). The Balaban J connectivity index is 0.00000208. The molecule has 7 heteroatoms. The molecule has 1 atom stereocenters. The van der Waals surface area contributed by atoms with Crippen LogP contribution < -0.4 is 5.32 Å². The number of aryl methyl sites for hydroxylation is 2. The van der Waals surface area contributed by atoms with Crippen LogP contribution in [0.5, 0.6) is 0 Å². The monoisotopic (exact) mass is 447 g/mol. The summed E-state index contributed by atoms with van der Waals surface area (Å²) in [5, 5.41) is 7.52. The van der Waals surface area contributed by atoms with Crippen LogP contribution in [0, 0.1) is 13.8 Å². The Morgan fingerprint density at radius 3 is 2.67 bits per heavy atom. The molecule has 0 aromatic carbocycles. The summed E-state index contributed by atoms with van der Waals surface area (Å²) in [6.45, 7) is 9.60. The van der Waals surface area contributed by atoms with Crippen LogP contribution in [-0.2, 0) is 6.42 Å². The Hall–Kier alpha value is -0.830. The molecule has 24 heavy (non-hydrogen) atoms. The van der Waals surface area contributed by atoms with Crippen LogP contribution >= 0.6 is 24.0 Å². The maximum atomic E-state index is 5.23. The summed E-state index contributed by atoms with van der Waals surface area (Å²) in [7, 11) is 1.88. The number of nitrogens with one attached hydrogen (secondary N) is 1. The van der Waals surface area contributed by atoms with E-state index in [2.05, 4.69) is 25.3 Å². The second-order valence-corrected chi connectivity index (χ2v) is 6.66. The third-order valence-corrected chi connectivity index (χ3v) is 5.17. The number of hydrogen-bond donors (Lipinski definition) is 1. The first-order valence-corrected chi connectivity index (χ1v) is 8.80. The fourth-order valence-electron chi connectivity index (χ4n) is 3.83. The highest BCUT2D eigenvalue weighted by atomic mass is 127. The van der Waals surface area contributed by atoms with Gasteiger partial charge < -0.3 is 14.7 Å². The van der Waals surface area contributed by atoms with E-state index in [-0.39, 0.29) is 24.0 Å². The number of rotatable bonds is 4. The SMILES string of the molecule is CN=C(NCCc1c(C)noc1C)N1CCC(N2CCCC2)C1.I. The molecule has 0 saturated carbocycles. The Kier molecular flexibility index (Phi) is 7.34. The molecule has 2 aliphatic rings. The van der Waals surface area contributed by atoms with Crippen molar-refractivity contribution in [3.63, 3.8) is 0 Å². The number of aromatic nitrogens is 1. The zero-order chi connectivity index (χ0) is 16.2. The standard InChI is InChI=1S/C17H29N5O.HI/c1-13-16(14(2)23-20-13)6-8-19-17(18-3)22-11-7-15(12-22)21-9-4-5-10-21;/h15H,4-12H2,1-3H3,(H,18,19);1H. The predicted octanol–water partition coefficient (Wildman–Crippen LogP) is 2.20. The second-order valence-electron chi connectivity index (χ2n) is 6.66. The number of guanidine groups is 1. The fraction of sp³-hybridized carbons (Fsp3) is 0.765. The van der Waals surface area contributed by atoms with Crippen molar-refractivity contribution in [2.75, 3.05) is 39.8 Å². The van der Waals surface area contributed by atoms with Crippen LogP contribution in [0.15, 0.2) is 9.52 Å². The summed E-state index contributed by atoms with van der Waals surface area (Å²) >= 11 is 0. The van der Waals surface area contributed by atoms with Gasteiger partial charge >= 0.3 is 0 Å². The minimum Gasteiger partial charge on any atom is -0.361 e. The van der Waals surface area contributed by atoms with Gasteiger partial charge in [-0.3, -0.25) is 9.89 Å². The Morgan fingerprint density at radius 2 is 2.04 bits per heavy atom. The second kappa shape index (κ2) is 9.03. The van der Waals surface area contributed by atoms with Crippen molar-refractivity contribution in [1.29, 1.82) is 0 Å². The van der Waals surface area contributed by atoms with Gasteiger partial charge in [-0.15, -0.1) is 24.0 Å². The van der Waals surface area contributed by atoms with Gasteiger partial charge in [0.15, 0.2) is 5.96 Å². The molecule has 0 aliphatic carbocycles. The van der Waals surface area contributed by atoms with Crippen LogP contribution in [0.2, 0.25) is 0 Å². The molecule has 6 nitrogen and oxygen atoms in total. The summed E-state index contributed by atoms with van der Waals surface area (Å²) in [6.07, 6.45) is 4.90. The van der Waals surface area contributed by atoms with Crippen LogP contribution in [0.4, 0.5) is 0 Å². The first-order valence-electron chi connectivity index (χ1n) is 8.80. The van der Waals surface area contributed by atoms with E-state index < -0.39 is 0 Å². The number of likely N-dealkylation sites (tertiary alicyclic amines) is 2. The topological polar surface area (TPSA) is 56.9 Å². The van der Waals surface area contributed by atoms with Gasteiger partial charge in [0.25, 0.3) is 0 Å². The van der Waals surface area contributed by atoms with E-state index in [9.17, 15) is 0 Å². The smallest absolute Gasteiger partial charge is 0.193 e. The lowest BCUT2D eigenvalue weighted by Crippen LogP contribution is -2.43. The molecular weight excluding hydrogens is 417 g/mol. The molecule has 1 N–H and O–H groups in total. The highest BCUT2D eigenvalue weighted by Gasteiger charge is 2.30. The van der Waals surface area contributed by atoms with Gasteiger partial charge in [0.1, 0.15) is 5.76 Å². The molecule has 1 aromatic heterocycles. The normalized spacial score (nSPS) is 22.0. The van der Waals surface area contributed by atoms with E-state index in [0.29, 0.717) is 6.04 Å². The van der Waals surface area contributed by atoms with Crippen molar-refractivity contribution < 1.29 is 4.52 Å². The molecular formula is C17H30IN5O. The molecule has 1 unspecified atom stereocenters. The Morgan fingerprint density at radius 1 is 1.29 bits per heavy atom. The molecule has 2 saturated heterocycles. The maximum absolute atomic E-state index is 5.23. The van der Waals surface area contributed by atoms with Gasteiger partial charge in [0.05, 0.1) is 5.69 Å². The van der Waals surface area contributed by atoms with E-state index in [0.717, 1.165) is 43.5 Å². The Labute approximate surface area is 162 Å². The molecule has 2 fully saturated rings. The lowest BCUT2D eigenvalue weighted by atomic mass is 10.1. The van der Waals surface area contributed by atoms with E-state index >= 15 is 0 Å². The average molecular weight is 447 g/mol. The van der Waals surface area contributed by atoms with E-state index in [1.54, 1.807) is 0 Å². The lowest BCUT2D eigenvalue weighted by molar-refractivity contribution is 0.249. The van der Waals surface area contributed by atoms with Gasteiger partial charge in [0, 0.05) is 38.3 Å². The quantitative estimate of drug-likeness (QED) is 0.436. The lowest BCUT2D eigenvalue weighted by Gasteiger charge is -2.25. The van der Waals surface area contributed by atoms with Crippen molar-refractivity contribution in [2.45, 2.75) is 45.6 Å². The maximum Gasteiger partial charge on any atom is 0.193 e. The molecule has 0 radical (unpaired) electrons. The van der Waals surface area contributed by atoms with Gasteiger partial charge in [-0.05, 0) is 52.6 Å². The van der Waals surface area contributed by atoms with Crippen molar-refractivity contribution in [2.24, 2.45) is 4.99 Å². The average Bonchev–Trinajstić information content (AvgIpc) is 3.27. The zero-order valence-corrected chi connectivity index (χ0v) is 17.4. The molecule has 0 bridgehead atoms. The third kappa shape index (κ3) is 4.41. The van der Waals surface area contributed by atoms with Gasteiger partial charge in [0.2, 0.25) is 0 Å². The van der Waals surface area contributed by atoms with Crippen LogP contribution in [0.25, 0.3) is 0 Å². The molecule has 136 valence electrons. The first kappa shape index (κ1) is 19.5. The number of halogens is 1. The molecule has 0 amide bonds. The van der Waals surface area contributed by atoms with E-state index in [1.165, 1.54) is 37.9 Å². The number of hydrogen-bond acceptors (Lipinski definition) is 4. The summed E-state index contributed by atoms with van der Waals surface area (Å²) in [5.41, 5.74) is 2.21. The van der Waals surface area contributed by atoms with Crippen molar-refractivity contribution in [3.8, 4) is 0 Å². The fourth-order valence-corrected chi connectivity index (χ4v) is 3.83. The highest BCUT2D eigenvalue weighted by Crippen LogP contribution is 2.20. The summed E-state index contributed by atoms with van der Waals surface area (Å²) in [5.74, 6) is 1.95. The zero-order valence-electron chi connectivity index (χ0n) is 15.0. The van der Waals surface area contributed by atoms with Gasteiger partial charge in [-0.25, -0.2) is 0 Å². The van der Waals surface area contributed by atoms with Gasteiger partial charge in [-0.1, -0.05) is 5.16 Å². The molecule has 3 heterocycles. The first-order chi connectivity index (χ1) is 11.2. The number of nitrogens with zero attached hydrogens (tertiary/aromatic N) is 4. The van der Waals surface area contributed by atoms with Gasteiger partial charge in [-0.2, -0.15) is 0 Å². The Bertz CT molecular complexity index is 534. The predicted molar refractivity (Wildman–Crippen MR) is 107 cm³/mol. The van der Waals surface area contributed by atoms with Crippen molar-refractivity contribution in [3.05, 3.63) is 17.0 Å². The molecule has 2 aliphatic heterocycles. The molecule has 0 spiro atoms. The minimum absolute atomic E-state index is 0. The summed E-state index contributed by atoms with van der Waals surface area (Å²) < 4.78 is 5.23. The van der Waals surface area contributed by atoms with E-state index in [4.69, 9.17) is 4.52 Å². The largest absolute Gasteiger partial charge is 0.361 e. The van der Waals surface area contributed by atoms with E-state index in [1.807, 2.05) is 20.9 Å². The van der Waals surface area contributed by atoms with Crippen molar-refractivity contribution in [1.82, 2.24) is 20.3 Å². The number of aliphatic imine (C=N–C) groups is 1. The minimum atomic E-state index is 0. The van der Waals surface area contributed by atoms with Crippen LogP contribution in [-0.4, -0.2) is 66.7 Å². The third-order valence-electron chi connectivity index (χ3n) is 5.17. The highest BCUT2D eigenvalue weighted by molar-refractivity contribution is 14.0. The summed E-state index contributed by atoms with van der Waals surface area (Å²) in [4.78, 5) is 9.52. The summed E-state index contributed by atoms with van der Waals surface area (Å²) in [6, 6.07) is 0.707. The molecule has 1 aromatic rings. The van der Waals surface area contributed by atoms with Crippen molar-refractivity contribution >= 4 is 29.9 Å².